The Morgan fingerprint density at radius 1 is 1.07 bits per heavy atom. The molecule has 3 rings (SSSR count). The first-order valence-electron chi connectivity index (χ1n) is 10.4. The van der Waals surface area contributed by atoms with Crippen LogP contribution in [0.5, 0.6) is 5.75 Å². The number of methoxy groups -OCH3 is 1. The molecule has 0 spiro atoms. The summed E-state index contributed by atoms with van der Waals surface area (Å²) in [5.74, 6) is 1.18. The molecule has 0 bridgehead atoms. The summed E-state index contributed by atoms with van der Waals surface area (Å²) in [7, 11) is -1.64. The van der Waals surface area contributed by atoms with Crippen LogP contribution in [0.4, 0.5) is 5.69 Å². The number of amides is 1. The van der Waals surface area contributed by atoms with Gasteiger partial charge in [-0.2, -0.15) is 0 Å². The average Bonchev–Trinajstić information content (AvgIpc) is 2.73. The van der Waals surface area contributed by atoms with Crippen molar-refractivity contribution < 1.29 is 17.9 Å². The molecule has 7 heteroatoms. The molecular formula is C23H30N2O4S. The fraction of sp³-hybridized carbons (Fsp3) is 0.435. The van der Waals surface area contributed by atoms with Gasteiger partial charge in [-0.3, -0.25) is 9.10 Å². The van der Waals surface area contributed by atoms with Crippen LogP contribution >= 0.6 is 0 Å². The quantitative estimate of drug-likeness (QED) is 0.716. The molecule has 6 nitrogen and oxygen atoms in total. The first kappa shape index (κ1) is 22.2. The molecule has 1 saturated heterocycles. The SMILES string of the molecule is COc1ccc([C@H](CC(C)C)NC(=O)c2ccc(N3CCCCS3(=O)=O)cc2)cc1. The molecule has 0 aliphatic carbocycles. The maximum Gasteiger partial charge on any atom is 0.251 e. The summed E-state index contributed by atoms with van der Waals surface area (Å²) in [6.45, 7) is 4.73. The predicted octanol–water partition coefficient (Wildman–Crippen LogP) is 4.14. The van der Waals surface area contributed by atoms with Crippen molar-refractivity contribution in [2.24, 2.45) is 5.92 Å². The fourth-order valence-electron chi connectivity index (χ4n) is 3.69. The standard InChI is InChI=1S/C23H30N2O4S/c1-17(2)16-22(18-8-12-21(29-3)13-9-18)24-23(26)19-6-10-20(11-7-19)25-14-4-5-15-30(25,27)28/h6-13,17,22H,4-5,14-16H2,1-3H3,(H,24,26)/t22-/m0/s1. The number of hydrogen-bond donors (Lipinski definition) is 1. The van der Waals surface area contributed by atoms with E-state index in [0.29, 0.717) is 30.1 Å². The van der Waals surface area contributed by atoms with Crippen LogP contribution in [-0.2, 0) is 10.0 Å². The van der Waals surface area contributed by atoms with Crippen molar-refractivity contribution >= 4 is 21.6 Å². The first-order valence-corrected chi connectivity index (χ1v) is 12.0. The van der Waals surface area contributed by atoms with Gasteiger partial charge in [0.25, 0.3) is 5.91 Å². The van der Waals surface area contributed by atoms with Gasteiger partial charge in [0.2, 0.25) is 10.0 Å². The van der Waals surface area contributed by atoms with Crippen LogP contribution in [0.25, 0.3) is 0 Å². The molecule has 1 fully saturated rings. The number of carbonyl (C=O) groups is 1. The summed E-state index contributed by atoms with van der Waals surface area (Å²) in [6.07, 6.45) is 2.35. The van der Waals surface area contributed by atoms with E-state index in [1.54, 1.807) is 31.4 Å². The lowest BCUT2D eigenvalue weighted by molar-refractivity contribution is 0.0932. The Kier molecular flexibility index (Phi) is 7.02. The van der Waals surface area contributed by atoms with Gasteiger partial charge < -0.3 is 10.1 Å². The van der Waals surface area contributed by atoms with Gasteiger partial charge in [0.05, 0.1) is 24.6 Å². The summed E-state index contributed by atoms with van der Waals surface area (Å²) < 4.78 is 31.2. The average molecular weight is 431 g/mol. The number of rotatable bonds is 7. The van der Waals surface area contributed by atoms with E-state index in [2.05, 4.69) is 19.2 Å². The Bertz CT molecular complexity index is 954. The number of anilines is 1. The zero-order valence-corrected chi connectivity index (χ0v) is 18.6. The molecule has 2 aromatic rings. The van der Waals surface area contributed by atoms with Crippen molar-refractivity contribution in [3.63, 3.8) is 0 Å². The normalized spacial score (nSPS) is 16.9. The molecule has 1 aliphatic rings. The molecule has 1 atom stereocenters. The highest BCUT2D eigenvalue weighted by Crippen LogP contribution is 2.26. The lowest BCUT2D eigenvalue weighted by atomic mass is 9.96. The van der Waals surface area contributed by atoms with Gasteiger partial charge in [-0.05, 0) is 67.1 Å². The highest BCUT2D eigenvalue weighted by Gasteiger charge is 2.26. The maximum atomic E-state index is 12.9. The monoisotopic (exact) mass is 430 g/mol. The van der Waals surface area contributed by atoms with E-state index >= 15 is 0 Å². The number of hydrogen-bond acceptors (Lipinski definition) is 4. The van der Waals surface area contributed by atoms with Gasteiger partial charge in [0.1, 0.15) is 5.75 Å². The summed E-state index contributed by atoms with van der Waals surface area (Å²) >= 11 is 0. The molecule has 30 heavy (non-hydrogen) atoms. The van der Waals surface area contributed by atoms with Gasteiger partial charge in [-0.25, -0.2) is 8.42 Å². The zero-order valence-electron chi connectivity index (χ0n) is 17.8. The van der Waals surface area contributed by atoms with Crippen molar-refractivity contribution in [1.82, 2.24) is 5.32 Å². The van der Waals surface area contributed by atoms with Gasteiger partial charge >= 0.3 is 0 Å². The van der Waals surface area contributed by atoms with Crippen LogP contribution in [0.15, 0.2) is 48.5 Å². The van der Waals surface area contributed by atoms with Crippen LogP contribution in [0.2, 0.25) is 0 Å². The van der Waals surface area contributed by atoms with Crippen LogP contribution in [-0.4, -0.2) is 33.7 Å². The molecule has 1 heterocycles. The molecule has 162 valence electrons. The second kappa shape index (κ2) is 9.51. The van der Waals surface area contributed by atoms with E-state index in [4.69, 9.17) is 4.74 Å². The zero-order chi connectivity index (χ0) is 21.7. The minimum absolute atomic E-state index is 0.120. The lowest BCUT2D eigenvalue weighted by Crippen LogP contribution is -2.37. The molecule has 1 N–H and O–H groups in total. The number of carbonyl (C=O) groups excluding carboxylic acids is 1. The topological polar surface area (TPSA) is 75.7 Å². The Balaban J connectivity index is 1.75. The Morgan fingerprint density at radius 3 is 2.30 bits per heavy atom. The Morgan fingerprint density at radius 2 is 1.73 bits per heavy atom. The maximum absolute atomic E-state index is 12.9. The van der Waals surface area contributed by atoms with Crippen molar-refractivity contribution in [2.45, 2.75) is 39.2 Å². The van der Waals surface area contributed by atoms with Crippen LogP contribution < -0.4 is 14.4 Å². The van der Waals surface area contributed by atoms with Crippen LogP contribution in [0, 0.1) is 5.92 Å². The minimum Gasteiger partial charge on any atom is -0.497 e. The summed E-state index contributed by atoms with van der Waals surface area (Å²) in [6, 6.07) is 14.4. The number of nitrogens with zero attached hydrogens (tertiary/aromatic N) is 1. The third-order valence-corrected chi connectivity index (χ3v) is 7.17. The number of benzene rings is 2. The number of sulfonamides is 1. The third kappa shape index (κ3) is 5.33. The van der Waals surface area contributed by atoms with E-state index in [0.717, 1.165) is 24.2 Å². The largest absolute Gasteiger partial charge is 0.497 e. The fourth-order valence-corrected chi connectivity index (χ4v) is 5.32. The molecule has 0 unspecified atom stereocenters. The molecule has 0 radical (unpaired) electrons. The van der Waals surface area contributed by atoms with Crippen molar-refractivity contribution in [3.8, 4) is 5.75 Å². The molecule has 0 aromatic heterocycles. The van der Waals surface area contributed by atoms with E-state index in [1.807, 2.05) is 24.3 Å². The Labute approximate surface area is 179 Å². The van der Waals surface area contributed by atoms with Crippen LogP contribution in [0.3, 0.4) is 0 Å². The minimum atomic E-state index is -3.26. The molecular weight excluding hydrogens is 400 g/mol. The van der Waals surface area contributed by atoms with Crippen LogP contribution in [0.1, 0.15) is 55.1 Å². The van der Waals surface area contributed by atoms with Crippen molar-refractivity contribution in [3.05, 3.63) is 59.7 Å². The van der Waals surface area contributed by atoms with Crippen molar-refractivity contribution in [1.29, 1.82) is 0 Å². The van der Waals surface area contributed by atoms with E-state index in [-0.39, 0.29) is 17.7 Å². The smallest absolute Gasteiger partial charge is 0.251 e. The van der Waals surface area contributed by atoms with Gasteiger partial charge in [0, 0.05) is 12.1 Å². The predicted molar refractivity (Wildman–Crippen MR) is 119 cm³/mol. The number of nitrogens with one attached hydrogen (secondary N) is 1. The molecule has 0 saturated carbocycles. The van der Waals surface area contributed by atoms with Gasteiger partial charge in [-0.15, -0.1) is 0 Å². The van der Waals surface area contributed by atoms with Crippen molar-refractivity contribution in [2.75, 3.05) is 23.7 Å². The summed E-state index contributed by atoms with van der Waals surface area (Å²) in [4.78, 5) is 12.9. The molecule has 1 amide bonds. The molecule has 1 aliphatic heterocycles. The third-order valence-electron chi connectivity index (χ3n) is 5.30. The highest BCUT2D eigenvalue weighted by atomic mass is 32.2. The van der Waals surface area contributed by atoms with Gasteiger partial charge in [-0.1, -0.05) is 26.0 Å². The highest BCUT2D eigenvalue weighted by molar-refractivity contribution is 7.92. The van der Waals surface area contributed by atoms with Gasteiger partial charge in [0.15, 0.2) is 0 Å². The lowest BCUT2D eigenvalue weighted by Gasteiger charge is -2.28. The van der Waals surface area contributed by atoms with E-state index < -0.39 is 10.0 Å². The molecule has 2 aromatic carbocycles. The second-order valence-corrected chi connectivity index (χ2v) is 10.1. The summed E-state index contributed by atoms with van der Waals surface area (Å²) in [5, 5.41) is 3.12. The Hall–Kier alpha value is -2.54. The first-order chi connectivity index (χ1) is 14.3. The van der Waals surface area contributed by atoms with E-state index in [1.165, 1.54) is 4.31 Å². The van der Waals surface area contributed by atoms with E-state index in [9.17, 15) is 13.2 Å². The summed E-state index contributed by atoms with van der Waals surface area (Å²) in [5.41, 5.74) is 2.14. The number of ether oxygens (including phenoxy) is 1. The second-order valence-electron chi connectivity index (χ2n) is 8.07.